The van der Waals surface area contributed by atoms with E-state index in [1.165, 1.54) is 0 Å². The number of nitrogens with one attached hydrogen (secondary N) is 2. The molecular weight excluding hydrogens is 328 g/mol. The number of carbonyl (C=O) groups is 2. The van der Waals surface area contributed by atoms with Crippen molar-refractivity contribution >= 4 is 29.1 Å². The van der Waals surface area contributed by atoms with E-state index in [-0.39, 0.29) is 18.2 Å². The van der Waals surface area contributed by atoms with Crippen LogP contribution in [-0.4, -0.2) is 22.5 Å². The molecule has 24 heavy (non-hydrogen) atoms. The van der Waals surface area contributed by atoms with E-state index in [9.17, 15) is 9.59 Å². The van der Waals surface area contributed by atoms with E-state index in [0.29, 0.717) is 22.8 Å². The zero-order valence-electron chi connectivity index (χ0n) is 13.1. The molecule has 2 amide bonds. The van der Waals surface area contributed by atoms with Crippen molar-refractivity contribution in [2.75, 3.05) is 0 Å². The van der Waals surface area contributed by atoms with Gasteiger partial charge in [0.15, 0.2) is 0 Å². The van der Waals surface area contributed by atoms with E-state index in [1.54, 1.807) is 49.6 Å². The summed E-state index contributed by atoms with van der Waals surface area (Å²) in [5.74, 6) is -0.539. The highest BCUT2D eigenvalue weighted by molar-refractivity contribution is 6.30. The van der Waals surface area contributed by atoms with E-state index >= 15 is 0 Å². The Bertz CT molecular complexity index is 730. The number of nitrogens with zero attached hydrogens (tertiary/aromatic N) is 2. The fourth-order valence-electron chi connectivity index (χ4n) is 1.85. The Morgan fingerprint density at radius 3 is 2.62 bits per heavy atom. The number of aromatic nitrogens is 1. The molecule has 0 aliphatic rings. The van der Waals surface area contributed by atoms with Crippen LogP contribution in [0.4, 0.5) is 0 Å². The molecule has 2 rings (SSSR count). The first-order chi connectivity index (χ1) is 11.5. The lowest BCUT2D eigenvalue weighted by molar-refractivity contribution is -0.120. The molecule has 0 saturated heterocycles. The molecule has 1 aromatic carbocycles. The van der Waals surface area contributed by atoms with Gasteiger partial charge in [0.1, 0.15) is 0 Å². The fraction of sp³-hybridized carbons (Fsp3) is 0.176. The molecule has 6 nitrogen and oxygen atoms in total. The Kier molecular flexibility index (Phi) is 6.45. The average Bonchev–Trinajstić information content (AvgIpc) is 2.59. The average molecular weight is 345 g/mol. The van der Waals surface area contributed by atoms with E-state index < -0.39 is 0 Å². The SMILES string of the molecule is C/C(CC(=O)NCc1cccnc1)=N\NC(=O)c1ccc(Cl)cc1. The summed E-state index contributed by atoms with van der Waals surface area (Å²) in [5, 5.41) is 7.25. The Morgan fingerprint density at radius 2 is 1.96 bits per heavy atom. The van der Waals surface area contributed by atoms with Gasteiger partial charge in [-0.15, -0.1) is 0 Å². The zero-order chi connectivity index (χ0) is 17.4. The van der Waals surface area contributed by atoms with E-state index in [2.05, 4.69) is 20.8 Å². The first-order valence-corrected chi connectivity index (χ1v) is 7.67. The summed E-state index contributed by atoms with van der Waals surface area (Å²) in [6, 6.07) is 10.1. The van der Waals surface area contributed by atoms with Crippen LogP contribution in [0.5, 0.6) is 0 Å². The topological polar surface area (TPSA) is 83.4 Å². The molecule has 0 unspecified atom stereocenters. The van der Waals surface area contributed by atoms with Crippen LogP contribution < -0.4 is 10.7 Å². The summed E-state index contributed by atoms with van der Waals surface area (Å²) >= 11 is 5.77. The molecule has 0 radical (unpaired) electrons. The van der Waals surface area contributed by atoms with Crippen molar-refractivity contribution in [1.82, 2.24) is 15.7 Å². The van der Waals surface area contributed by atoms with Gasteiger partial charge in [-0.05, 0) is 42.8 Å². The number of hydrogen-bond acceptors (Lipinski definition) is 4. The lowest BCUT2D eigenvalue weighted by Crippen LogP contribution is -2.26. The van der Waals surface area contributed by atoms with Crippen LogP contribution in [0.2, 0.25) is 5.02 Å². The highest BCUT2D eigenvalue weighted by atomic mass is 35.5. The van der Waals surface area contributed by atoms with Gasteiger partial charge in [-0.2, -0.15) is 5.10 Å². The summed E-state index contributed by atoms with van der Waals surface area (Å²) in [5.41, 5.74) is 4.27. The highest BCUT2D eigenvalue weighted by Gasteiger charge is 2.06. The monoisotopic (exact) mass is 344 g/mol. The number of hydrogen-bond donors (Lipinski definition) is 2. The van der Waals surface area contributed by atoms with Crippen LogP contribution in [0.3, 0.4) is 0 Å². The van der Waals surface area contributed by atoms with Gasteiger partial charge in [-0.25, -0.2) is 5.43 Å². The molecule has 2 N–H and O–H groups in total. The third-order valence-electron chi connectivity index (χ3n) is 3.08. The first-order valence-electron chi connectivity index (χ1n) is 7.29. The predicted molar refractivity (Wildman–Crippen MR) is 92.7 cm³/mol. The molecule has 0 aliphatic heterocycles. The molecule has 7 heteroatoms. The molecular formula is C17H17ClN4O2. The molecule has 0 atom stereocenters. The Labute approximate surface area is 144 Å². The lowest BCUT2D eigenvalue weighted by atomic mass is 10.2. The van der Waals surface area contributed by atoms with Crippen LogP contribution in [0.1, 0.15) is 29.3 Å². The van der Waals surface area contributed by atoms with E-state index in [0.717, 1.165) is 5.56 Å². The Morgan fingerprint density at radius 1 is 1.21 bits per heavy atom. The Hall–Kier alpha value is -2.73. The molecule has 124 valence electrons. The van der Waals surface area contributed by atoms with Gasteiger partial charge in [0, 0.05) is 35.2 Å². The lowest BCUT2D eigenvalue weighted by Gasteiger charge is -2.05. The van der Waals surface area contributed by atoms with Gasteiger partial charge >= 0.3 is 0 Å². The maximum atomic E-state index is 11.9. The summed E-state index contributed by atoms with van der Waals surface area (Å²) in [6.07, 6.45) is 3.46. The number of carbonyl (C=O) groups excluding carboxylic acids is 2. The van der Waals surface area contributed by atoms with Crippen molar-refractivity contribution in [3.63, 3.8) is 0 Å². The van der Waals surface area contributed by atoms with Crippen molar-refractivity contribution in [3.05, 3.63) is 64.9 Å². The van der Waals surface area contributed by atoms with Crippen LogP contribution in [0.15, 0.2) is 53.9 Å². The smallest absolute Gasteiger partial charge is 0.271 e. The van der Waals surface area contributed by atoms with Gasteiger partial charge in [-0.1, -0.05) is 17.7 Å². The van der Waals surface area contributed by atoms with Gasteiger partial charge in [0.05, 0.1) is 6.42 Å². The molecule has 2 aromatic rings. The van der Waals surface area contributed by atoms with Gasteiger partial charge < -0.3 is 5.32 Å². The normalized spacial score (nSPS) is 11.0. The minimum absolute atomic E-state index is 0.0984. The van der Waals surface area contributed by atoms with Gasteiger partial charge in [-0.3, -0.25) is 14.6 Å². The third kappa shape index (κ3) is 5.81. The molecule has 1 heterocycles. The Balaban J connectivity index is 1.79. The zero-order valence-corrected chi connectivity index (χ0v) is 13.9. The van der Waals surface area contributed by atoms with Gasteiger partial charge in [0.25, 0.3) is 5.91 Å². The van der Waals surface area contributed by atoms with Crippen LogP contribution in [-0.2, 0) is 11.3 Å². The summed E-state index contributed by atoms with van der Waals surface area (Å²) in [7, 11) is 0. The largest absolute Gasteiger partial charge is 0.352 e. The molecule has 0 saturated carbocycles. The number of benzene rings is 1. The first kappa shape index (κ1) is 17.6. The van der Waals surface area contributed by atoms with Crippen LogP contribution >= 0.6 is 11.6 Å². The maximum absolute atomic E-state index is 11.9. The number of pyridine rings is 1. The number of rotatable bonds is 6. The second kappa shape index (κ2) is 8.79. The van der Waals surface area contributed by atoms with Crippen molar-refractivity contribution in [3.8, 4) is 0 Å². The molecule has 0 spiro atoms. The number of amides is 2. The summed E-state index contributed by atoms with van der Waals surface area (Å²) < 4.78 is 0. The third-order valence-corrected chi connectivity index (χ3v) is 3.34. The summed E-state index contributed by atoms with van der Waals surface area (Å²) in [6.45, 7) is 2.07. The van der Waals surface area contributed by atoms with Crippen LogP contribution in [0, 0.1) is 0 Å². The minimum Gasteiger partial charge on any atom is -0.352 e. The maximum Gasteiger partial charge on any atom is 0.271 e. The molecule has 0 aliphatic carbocycles. The second-order valence-corrected chi connectivity index (χ2v) is 5.55. The molecule has 0 bridgehead atoms. The minimum atomic E-state index is -0.359. The van der Waals surface area contributed by atoms with Crippen molar-refractivity contribution in [2.45, 2.75) is 19.9 Å². The molecule has 0 fully saturated rings. The van der Waals surface area contributed by atoms with E-state index in [4.69, 9.17) is 11.6 Å². The van der Waals surface area contributed by atoms with Crippen molar-refractivity contribution in [2.24, 2.45) is 5.10 Å². The standard InChI is InChI=1S/C17H17ClN4O2/c1-12(9-16(23)20-11-13-3-2-8-19-10-13)21-22-17(24)14-4-6-15(18)7-5-14/h2-8,10H,9,11H2,1H3,(H,20,23)(H,22,24)/b21-12+. The molecule has 1 aromatic heterocycles. The van der Waals surface area contributed by atoms with E-state index in [1.807, 2.05) is 6.07 Å². The van der Waals surface area contributed by atoms with Crippen molar-refractivity contribution in [1.29, 1.82) is 0 Å². The second-order valence-electron chi connectivity index (χ2n) is 5.11. The predicted octanol–water partition coefficient (Wildman–Crippen LogP) is 2.55. The van der Waals surface area contributed by atoms with Gasteiger partial charge in [0.2, 0.25) is 5.91 Å². The summed E-state index contributed by atoms with van der Waals surface area (Å²) in [4.78, 5) is 27.7. The van der Waals surface area contributed by atoms with Crippen LogP contribution in [0.25, 0.3) is 0 Å². The number of halogens is 1. The fourth-order valence-corrected chi connectivity index (χ4v) is 1.98. The highest BCUT2D eigenvalue weighted by Crippen LogP contribution is 2.09. The van der Waals surface area contributed by atoms with Crippen molar-refractivity contribution < 1.29 is 9.59 Å². The quantitative estimate of drug-likeness (QED) is 0.624. The number of hydrazone groups is 1.